The first-order valence-electron chi connectivity index (χ1n) is 5.22. The molecule has 3 aromatic rings. The lowest BCUT2D eigenvalue weighted by atomic mass is 10.1. The Morgan fingerprint density at radius 3 is 2.72 bits per heavy atom. The van der Waals surface area contributed by atoms with E-state index in [4.69, 9.17) is 4.42 Å². The maximum atomic E-state index is 12.3. The van der Waals surface area contributed by atoms with E-state index in [1.54, 1.807) is 18.3 Å². The zero-order valence-corrected chi connectivity index (χ0v) is 12.2. The predicted molar refractivity (Wildman–Crippen MR) is 75.8 cm³/mol. The van der Waals surface area contributed by atoms with Gasteiger partial charge in [0.25, 0.3) is 0 Å². The highest BCUT2D eigenvalue weighted by atomic mass is 79.9. The SMILES string of the molecule is O=C(c1ccc(Br)o1)c1c[nH]c2ccc(Br)cc12. The predicted octanol–water partition coefficient (Wildman–Crippen LogP) is 4.52. The van der Waals surface area contributed by atoms with Crippen molar-refractivity contribution < 1.29 is 9.21 Å². The number of fused-ring (bicyclic) bond motifs is 1. The highest BCUT2D eigenvalue weighted by Gasteiger charge is 2.17. The van der Waals surface area contributed by atoms with Crippen molar-refractivity contribution in [1.29, 1.82) is 0 Å². The molecule has 0 unspecified atom stereocenters. The van der Waals surface area contributed by atoms with Crippen molar-refractivity contribution in [2.75, 3.05) is 0 Å². The summed E-state index contributed by atoms with van der Waals surface area (Å²) >= 11 is 6.60. The summed E-state index contributed by atoms with van der Waals surface area (Å²) in [5.41, 5.74) is 1.53. The molecule has 0 saturated carbocycles. The monoisotopic (exact) mass is 367 g/mol. The van der Waals surface area contributed by atoms with Crippen LogP contribution in [0.5, 0.6) is 0 Å². The van der Waals surface area contributed by atoms with Crippen LogP contribution in [0, 0.1) is 0 Å². The number of furan rings is 1. The van der Waals surface area contributed by atoms with E-state index in [-0.39, 0.29) is 5.78 Å². The summed E-state index contributed by atoms with van der Waals surface area (Å²) < 4.78 is 6.77. The Hall–Kier alpha value is -1.33. The van der Waals surface area contributed by atoms with Crippen molar-refractivity contribution >= 4 is 48.5 Å². The van der Waals surface area contributed by atoms with Crippen molar-refractivity contribution in [3.8, 4) is 0 Å². The fourth-order valence-electron chi connectivity index (χ4n) is 1.85. The largest absolute Gasteiger partial charge is 0.446 e. The van der Waals surface area contributed by atoms with Crippen LogP contribution in [0.1, 0.15) is 16.1 Å². The average molecular weight is 369 g/mol. The van der Waals surface area contributed by atoms with Crippen LogP contribution in [0.2, 0.25) is 0 Å². The van der Waals surface area contributed by atoms with Gasteiger partial charge >= 0.3 is 0 Å². The third kappa shape index (κ3) is 1.93. The minimum absolute atomic E-state index is 0.134. The highest BCUT2D eigenvalue weighted by molar-refractivity contribution is 9.10. The van der Waals surface area contributed by atoms with Gasteiger partial charge in [-0.3, -0.25) is 4.79 Å². The van der Waals surface area contributed by atoms with Gasteiger partial charge in [-0.05, 0) is 46.3 Å². The van der Waals surface area contributed by atoms with Crippen LogP contribution in [-0.2, 0) is 0 Å². The zero-order chi connectivity index (χ0) is 12.7. The van der Waals surface area contributed by atoms with Gasteiger partial charge in [0.2, 0.25) is 5.78 Å². The Labute approximate surface area is 119 Å². The molecule has 0 fully saturated rings. The Balaban J connectivity index is 2.14. The van der Waals surface area contributed by atoms with Crippen LogP contribution in [0.3, 0.4) is 0 Å². The molecule has 0 bridgehead atoms. The highest BCUT2D eigenvalue weighted by Crippen LogP contribution is 2.25. The van der Waals surface area contributed by atoms with Crippen molar-refractivity contribution in [3.63, 3.8) is 0 Å². The van der Waals surface area contributed by atoms with Crippen LogP contribution in [-0.4, -0.2) is 10.8 Å². The molecule has 0 aliphatic rings. The van der Waals surface area contributed by atoms with Gasteiger partial charge in [-0.1, -0.05) is 15.9 Å². The summed E-state index contributed by atoms with van der Waals surface area (Å²) in [6.45, 7) is 0. The first-order valence-corrected chi connectivity index (χ1v) is 6.80. The molecule has 3 rings (SSSR count). The van der Waals surface area contributed by atoms with E-state index in [9.17, 15) is 4.79 Å². The number of aromatic nitrogens is 1. The molecule has 0 aliphatic carbocycles. The van der Waals surface area contributed by atoms with Crippen molar-refractivity contribution in [3.05, 3.63) is 57.0 Å². The second-order valence-electron chi connectivity index (χ2n) is 3.83. The van der Waals surface area contributed by atoms with Crippen LogP contribution >= 0.6 is 31.9 Å². The van der Waals surface area contributed by atoms with Gasteiger partial charge in [0, 0.05) is 21.6 Å². The minimum Gasteiger partial charge on any atom is -0.446 e. The molecule has 18 heavy (non-hydrogen) atoms. The van der Waals surface area contributed by atoms with Gasteiger partial charge in [-0.25, -0.2) is 0 Å². The first-order chi connectivity index (χ1) is 8.65. The van der Waals surface area contributed by atoms with Crippen molar-refractivity contribution in [2.45, 2.75) is 0 Å². The van der Waals surface area contributed by atoms with Gasteiger partial charge in [0.15, 0.2) is 10.4 Å². The Bertz CT molecular complexity index is 742. The molecule has 0 aliphatic heterocycles. The third-order valence-corrected chi connectivity index (χ3v) is 3.60. The average Bonchev–Trinajstić information content (AvgIpc) is 2.94. The number of carbonyl (C=O) groups excluding carboxylic acids is 1. The Morgan fingerprint density at radius 2 is 2.00 bits per heavy atom. The normalized spacial score (nSPS) is 11.0. The maximum absolute atomic E-state index is 12.3. The number of H-pyrrole nitrogens is 1. The number of hydrogen-bond acceptors (Lipinski definition) is 2. The van der Waals surface area contributed by atoms with Crippen molar-refractivity contribution in [1.82, 2.24) is 4.98 Å². The number of rotatable bonds is 2. The molecule has 2 heterocycles. The smallest absolute Gasteiger partial charge is 0.230 e. The summed E-state index contributed by atoms with van der Waals surface area (Å²) in [5, 5.41) is 0.877. The summed E-state index contributed by atoms with van der Waals surface area (Å²) in [6.07, 6.45) is 1.70. The van der Waals surface area contributed by atoms with Crippen LogP contribution in [0.15, 0.2) is 50.1 Å². The molecule has 1 N–H and O–H groups in total. The molecule has 5 heteroatoms. The quantitative estimate of drug-likeness (QED) is 0.676. The lowest BCUT2D eigenvalue weighted by molar-refractivity contribution is 0.101. The molecular formula is C13H7Br2NO2. The van der Waals surface area contributed by atoms with E-state index in [2.05, 4.69) is 36.8 Å². The fourth-order valence-corrected chi connectivity index (χ4v) is 2.52. The molecule has 0 amide bonds. The number of ketones is 1. The van der Waals surface area contributed by atoms with Crippen LogP contribution in [0.4, 0.5) is 0 Å². The van der Waals surface area contributed by atoms with E-state index in [0.29, 0.717) is 16.0 Å². The number of hydrogen-bond donors (Lipinski definition) is 1. The number of halogens is 2. The zero-order valence-electron chi connectivity index (χ0n) is 9.04. The lowest BCUT2D eigenvalue weighted by Gasteiger charge is -1.96. The Kier molecular flexibility index (Phi) is 2.87. The summed E-state index contributed by atoms with van der Waals surface area (Å²) in [6, 6.07) is 9.13. The first kappa shape index (κ1) is 11.7. The molecule has 90 valence electrons. The van der Waals surface area contributed by atoms with Gasteiger partial charge < -0.3 is 9.40 Å². The maximum Gasteiger partial charge on any atom is 0.230 e. The van der Waals surface area contributed by atoms with Gasteiger partial charge in [0.05, 0.1) is 5.56 Å². The van der Waals surface area contributed by atoms with Crippen molar-refractivity contribution in [2.24, 2.45) is 0 Å². The standard InChI is InChI=1S/C13H7Br2NO2/c14-7-1-2-10-8(5-7)9(6-16-10)13(17)11-3-4-12(15)18-11/h1-6,16H. The number of aromatic amines is 1. The van der Waals surface area contributed by atoms with E-state index in [1.807, 2.05) is 18.2 Å². The van der Waals surface area contributed by atoms with E-state index in [1.165, 1.54) is 0 Å². The second kappa shape index (κ2) is 4.40. The molecule has 0 atom stereocenters. The molecule has 3 nitrogen and oxygen atoms in total. The van der Waals surface area contributed by atoms with Gasteiger partial charge in [-0.15, -0.1) is 0 Å². The molecule has 0 saturated heterocycles. The van der Waals surface area contributed by atoms with E-state index in [0.717, 1.165) is 15.4 Å². The molecule has 0 radical (unpaired) electrons. The molecule has 0 spiro atoms. The summed E-state index contributed by atoms with van der Waals surface area (Å²) in [7, 11) is 0. The van der Waals surface area contributed by atoms with Gasteiger partial charge in [-0.2, -0.15) is 0 Å². The molecule has 2 aromatic heterocycles. The second-order valence-corrected chi connectivity index (χ2v) is 5.52. The summed E-state index contributed by atoms with van der Waals surface area (Å²) in [4.78, 5) is 15.4. The number of carbonyl (C=O) groups is 1. The number of benzene rings is 1. The molecule has 1 aromatic carbocycles. The third-order valence-electron chi connectivity index (χ3n) is 2.69. The molecular weight excluding hydrogens is 362 g/mol. The Morgan fingerprint density at radius 1 is 1.17 bits per heavy atom. The lowest BCUT2D eigenvalue weighted by Crippen LogP contribution is -1.97. The fraction of sp³-hybridized carbons (Fsp3) is 0. The summed E-state index contributed by atoms with van der Waals surface area (Å²) in [5.74, 6) is 0.188. The minimum atomic E-state index is -0.134. The van der Waals surface area contributed by atoms with Crippen LogP contribution < -0.4 is 0 Å². The van der Waals surface area contributed by atoms with E-state index >= 15 is 0 Å². The van der Waals surface area contributed by atoms with Gasteiger partial charge in [0.1, 0.15) is 0 Å². The van der Waals surface area contributed by atoms with E-state index < -0.39 is 0 Å². The topological polar surface area (TPSA) is 46.0 Å². The number of nitrogens with one attached hydrogen (secondary N) is 1. The van der Waals surface area contributed by atoms with Crippen LogP contribution in [0.25, 0.3) is 10.9 Å².